The molecule has 172 valence electrons. The molecular formula is C26H30N4O3. The molecule has 1 N–H and O–H groups in total. The maximum Gasteiger partial charge on any atom is 0.257 e. The fourth-order valence-corrected chi connectivity index (χ4v) is 5.07. The molecule has 0 radical (unpaired) electrons. The first-order valence-corrected chi connectivity index (χ1v) is 11.9. The van der Waals surface area contributed by atoms with Gasteiger partial charge >= 0.3 is 0 Å². The maximum absolute atomic E-state index is 13.2. The van der Waals surface area contributed by atoms with Crippen LogP contribution in [0.3, 0.4) is 0 Å². The molecule has 2 fully saturated rings. The minimum absolute atomic E-state index is 0.0635. The van der Waals surface area contributed by atoms with Crippen LogP contribution in [0.4, 0.5) is 0 Å². The van der Waals surface area contributed by atoms with Gasteiger partial charge < -0.3 is 14.9 Å². The minimum atomic E-state index is -0.461. The van der Waals surface area contributed by atoms with Gasteiger partial charge in [0.2, 0.25) is 0 Å². The molecule has 2 saturated heterocycles. The van der Waals surface area contributed by atoms with Crippen LogP contribution in [0.5, 0.6) is 0 Å². The first-order valence-electron chi connectivity index (χ1n) is 11.9. The minimum Gasteiger partial charge on any atom is -0.391 e. The largest absolute Gasteiger partial charge is 0.391 e. The van der Waals surface area contributed by atoms with Crippen LogP contribution in [0.15, 0.2) is 54.9 Å². The Balaban J connectivity index is 1.31. The molecule has 0 unspecified atom stereocenters. The smallest absolute Gasteiger partial charge is 0.257 e. The van der Waals surface area contributed by atoms with E-state index in [0.717, 1.165) is 56.3 Å². The number of benzene rings is 1. The molecule has 5 rings (SSSR count). The maximum atomic E-state index is 13.2. The van der Waals surface area contributed by atoms with E-state index < -0.39 is 6.10 Å². The van der Waals surface area contributed by atoms with Gasteiger partial charge in [0.25, 0.3) is 11.8 Å². The van der Waals surface area contributed by atoms with E-state index in [1.54, 1.807) is 15.6 Å². The van der Waals surface area contributed by atoms with Gasteiger partial charge in [-0.3, -0.25) is 9.59 Å². The number of aliphatic hydroxyl groups is 1. The number of hydrogen-bond donors (Lipinski definition) is 1. The normalized spacial score (nSPS) is 20.1. The summed E-state index contributed by atoms with van der Waals surface area (Å²) in [6, 6.07) is 13.6. The average molecular weight is 447 g/mol. The van der Waals surface area contributed by atoms with Crippen LogP contribution in [0, 0.1) is 0 Å². The molecule has 0 bridgehead atoms. The van der Waals surface area contributed by atoms with Crippen LogP contribution in [-0.4, -0.2) is 68.6 Å². The highest BCUT2D eigenvalue weighted by Gasteiger charge is 2.27. The number of carbonyl (C=O) groups excluding carboxylic acids is 2. The van der Waals surface area contributed by atoms with Crippen molar-refractivity contribution in [3.8, 4) is 0 Å². The van der Waals surface area contributed by atoms with E-state index in [1.807, 2.05) is 41.4 Å². The van der Waals surface area contributed by atoms with Crippen molar-refractivity contribution >= 4 is 17.3 Å². The van der Waals surface area contributed by atoms with Crippen molar-refractivity contribution in [2.75, 3.05) is 26.2 Å². The lowest BCUT2D eigenvalue weighted by atomic mass is 9.89. The lowest BCUT2D eigenvalue weighted by molar-refractivity contribution is 0.0656. The second-order valence-electron chi connectivity index (χ2n) is 9.18. The van der Waals surface area contributed by atoms with E-state index in [1.165, 1.54) is 5.56 Å². The summed E-state index contributed by atoms with van der Waals surface area (Å²) >= 11 is 0. The summed E-state index contributed by atoms with van der Waals surface area (Å²) < 4.78 is 1.75. The number of nitrogens with zero attached hydrogens (tertiary/aromatic N) is 4. The fraction of sp³-hybridized carbons (Fsp3) is 0.423. The van der Waals surface area contributed by atoms with Crippen LogP contribution in [0.1, 0.15) is 64.3 Å². The summed E-state index contributed by atoms with van der Waals surface area (Å²) in [7, 11) is 0. The summed E-state index contributed by atoms with van der Waals surface area (Å²) in [5.41, 5.74) is 3.31. The van der Waals surface area contributed by atoms with Gasteiger partial charge in [0.1, 0.15) is 0 Å². The van der Waals surface area contributed by atoms with Crippen LogP contribution >= 0.6 is 0 Å². The van der Waals surface area contributed by atoms with Crippen molar-refractivity contribution in [3.63, 3.8) is 0 Å². The van der Waals surface area contributed by atoms with Crippen LogP contribution in [0.2, 0.25) is 0 Å². The number of fused-ring (bicyclic) bond motifs is 1. The van der Waals surface area contributed by atoms with Gasteiger partial charge in [0, 0.05) is 37.9 Å². The van der Waals surface area contributed by atoms with Gasteiger partial charge in [0.05, 0.1) is 23.4 Å². The van der Waals surface area contributed by atoms with Crippen molar-refractivity contribution < 1.29 is 14.7 Å². The zero-order chi connectivity index (χ0) is 22.8. The summed E-state index contributed by atoms with van der Waals surface area (Å²) in [6.07, 6.45) is 7.48. The van der Waals surface area contributed by atoms with Crippen molar-refractivity contribution in [3.05, 3.63) is 71.5 Å². The number of rotatable bonds is 3. The molecule has 0 aliphatic carbocycles. The summed E-state index contributed by atoms with van der Waals surface area (Å²) in [5, 5.41) is 14.5. The Bertz CT molecular complexity index is 1130. The van der Waals surface area contributed by atoms with Crippen molar-refractivity contribution in [1.82, 2.24) is 19.4 Å². The zero-order valence-electron chi connectivity index (χ0n) is 18.8. The Morgan fingerprint density at radius 3 is 2.48 bits per heavy atom. The van der Waals surface area contributed by atoms with E-state index in [0.29, 0.717) is 24.6 Å². The summed E-state index contributed by atoms with van der Waals surface area (Å²) in [6.45, 7) is 2.49. The van der Waals surface area contributed by atoms with Gasteiger partial charge in [-0.1, -0.05) is 18.2 Å². The van der Waals surface area contributed by atoms with E-state index in [-0.39, 0.29) is 11.8 Å². The number of carbonyl (C=O) groups is 2. The molecule has 2 aromatic heterocycles. The molecule has 2 aliphatic rings. The summed E-state index contributed by atoms with van der Waals surface area (Å²) in [5.74, 6) is 0.367. The molecule has 3 aromatic rings. The Morgan fingerprint density at radius 1 is 0.909 bits per heavy atom. The molecule has 4 heterocycles. The molecule has 7 heteroatoms. The Kier molecular flexibility index (Phi) is 6.13. The number of amides is 2. The highest BCUT2D eigenvalue weighted by atomic mass is 16.3. The Hall–Kier alpha value is -3.19. The number of pyridine rings is 1. The topological polar surface area (TPSA) is 78.2 Å². The molecule has 1 aromatic carbocycles. The first kappa shape index (κ1) is 21.6. The number of aromatic nitrogens is 2. The third-order valence-corrected chi connectivity index (χ3v) is 6.98. The predicted molar refractivity (Wildman–Crippen MR) is 125 cm³/mol. The lowest BCUT2D eigenvalue weighted by Crippen LogP contribution is -2.37. The Morgan fingerprint density at radius 2 is 1.70 bits per heavy atom. The second-order valence-corrected chi connectivity index (χ2v) is 9.18. The number of β-amino-alcohol motifs (C(OH)–C–C–N with tert-alkyl or cyclic N) is 1. The van der Waals surface area contributed by atoms with Gasteiger partial charge in [-0.2, -0.15) is 5.10 Å². The number of piperidine rings is 1. The number of hydrogen-bond acceptors (Lipinski definition) is 4. The van der Waals surface area contributed by atoms with Crippen molar-refractivity contribution in [2.24, 2.45) is 0 Å². The standard InChI is InChI=1S/C26H30N4O3/c31-22-8-4-5-12-29(18-22)26(33)23-17-27-30-15-11-21(16-24(23)30)19-9-13-28(14-10-19)25(32)20-6-2-1-3-7-20/h1-3,6-7,11,15-17,19,22,31H,4-5,8-10,12-14,18H2/t22-/m0/s1. The fourth-order valence-electron chi connectivity index (χ4n) is 5.07. The van der Waals surface area contributed by atoms with Gasteiger partial charge in [-0.05, 0) is 67.9 Å². The van der Waals surface area contributed by atoms with E-state index in [9.17, 15) is 14.7 Å². The number of aliphatic hydroxyl groups excluding tert-OH is 1. The number of likely N-dealkylation sites (tertiary alicyclic amines) is 2. The van der Waals surface area contributed by atoms with Crippen molar-refractivity contribution in [1.29, 1.82) is 0 Å². The van der Waals surface area contributed by atoms with Crippen LogP contribution in [0.25, 0.3) is 5.52 Å². The molecule has 0 saturated carbocycles. The molecule has 2 aliphatic heterocycles. The average Bonchev–Trinajstić information content (AvgIpc) is 3.16. The second kappa shape index (κ2) is 9.35. The molecule has 0 spiro atoms. The summed E-state index contributed by atoms with van der Waals surface area (Å²) in [4.78, 5) is 29.7. The highest BCUT2D eigenvalue weighted by molar-refractivity contribution is 6.00. The van der Waals surface area contributed by atoms with Gasteiger partial charge in [-0.25, -0.2) is 4.52 Å². The first-order chi connectivity index (χ1) is 16.1. The van der Waals surface area contributed by atoms with Crippen molar-refractivity contribution in [2.45, 2.75) is 44.1 Å². The molecule has 33 heavy (non-hydrogen) atoms. The highest BCUT2D eigenvalue weighted by Crippen LogP contribution is 2.30. The third kappa shape index (κ3) is 4.50. The van der Waals surface area contributed by atoms with E-state index in [4.69, 9.17) is 0 Å². The molecule has 7 nitrogen and oxygen atoms in total. The van der Waals surface area contributed by atoms with E-state index in [2.05, 4.69) is 17.2 Å². The van der Waals surface area contributed by atoms with Gasteiger partial charge in [0.15, 0.2) is 0 Å². The molecule has 1 atom stereocenters. The zero-order valence-corrected chi connectivity index (χ0v) is 18.8. The van der Waals surface area contributed by atoms with Gasteiger partial charge in [-0.15, -0.1) is 0 Å². The van der Waals surface area contributed by atoms with Crippen LogP contribution in [-0.2, 0) is 0 Å². The van der Waals surface area contributed by atoms with Crippen LogP contribution < -0.4 is 0 Å². The quantitative estimate of drug-likeness (QED) is 0.669. The van der Waals surface area contributed by atoms with E-state index >= 15 is 0 Å². The SMILES string of the molecule is O=C(c1ccccc1)N1CCC(c2ccn3ncc(C(=O)N4CCCC[C@H](O)C4)c3c2)CC1. The lowest BCUT2D eigenvalue weighted by Gasteiger charge is -2.32. The molecular weight excluding hydrogens is 416 g/mol. The molecule has 2 amide bonds. The monoisotopic (exact) mass is 446 g/mol. The third-order valence-electron chi connectivity index (χ3n) is 6.98. The predicted octanol–water partition coefficient (Wildman–Crippen LogP) is 3.34. The Labute approximate surface area is 193 Å².